The molecule has 0 aliphatic carbocycles. The third kappa shape index (κ3) is 9.91. The van der Waals surface area contributed by atoms with Crippen LogP contribution in [0.25, 0.3) is 0 Å². The van der Waals surface area contributed by atoms with E-state index in [0.717, 1.165) is 18.2 Å². The molecular formula is C14H27N3. The van der Waals surface area contributed by atoms with Crippen LogP contribution < -0.4 is 0 Å². The Morgan fingerprint density at radius 2 is 1.76 bits per heavy atom. The molecule has 0 saturated carbocycles. The van der Waals surface area contributed by atoms with Gasteiger partial charge in [-0.05, 0) is 31.8 Å². The monoisotopic (exact) mass is 237 g/mol. The van der Waals surface area contributed by atoms with E-state index in [2.05, 4.69) is 24.0 Å². The Hall–Kier alpha value is -0.990. The molecule has 17 heavy (non-hydrogen) atoms. The van der Waals surface area contributed by atoms with Crippen molar-refractivity contribution in [2.24, 2.45) is 16.0 Å². The van der Waals surface area contributed by atoms with E-state index in [1.807, 2.05) is 6.92 Å². The van der Waals surface area contributed by atoms with Crippen molar-refractivity contribution in [1.29, 1.82) is 5.53 Å². The SMILES string of the molecule is CCCCC(CCCC)CN=C(C)/C=C\N=N. The first-order chi connectivity index (χ1) is 8.24. The minimum atomic E-state index is 0.728. The van der Waals surface area contributed by atoms with Crippen LogP contribution in [0.15, 0.2) is 22.4 Å². The van der Waals surface area contributed by atoms with E-state index in [4.69, 9.17) is 5.53 Å². The number of hydrogen-bond donors (Lipinski definition) is 1. The Kier molecular flexibility index (Phi) is 10.8. The van der Waals surface area contributed by atoms with Crippen molar-refractivity contribution in [3.8, 4) is 0 Å². The molecule has 0 aromatic heterocycles. The van der Waals surface area contributed by atoms with Crippen LogP contribution in [0.4, 0.5) is 0 Å². The van der Waals surface area contributed by atoms with Crippen molar-refractivity contribution in [2.75, 3.05) is 6.54 Å². The van der Waals surface area contributed by atoms with Gasteiger partial charge in [-0.3, -0.25) is 4.99 Å². The zero-order chi connectivity index (χ0) is 12.9. The van der Waals surface area contributed by atoms with Gasteiger partial charge in [0.15, 0.2) is 0 Å². The lowest BCUT2D eigenvalue weighted by Gasteiger charge is -2.13. The van der Waals surface area contributed by atoms with E-state index in [0.29, 0.717) is 0 Å². The van der Waals surface area contributed by atoms with Crippen molar-refractivity contribution in [1.82, 2.24) is 0 Å². The molecular weight excluding hydrogens is 210 g/mol. The first kappa shape index (κ1) is 16.0. The second kappa shape index (κ2) is 11.5. The summed E-state index contributed by atoms with van der Waals surface area (Å²) >= 11 is 0. The number of nitrogens with zero attached hydrogens (tertiary/aromatic N) is 2. The van der Waals surface area contributed by atoms with Crippen molar-refractivity contribution >= 4 is 5.71 Å². The van der Waals surface area contributed by atoms with Crippen molar-refractivity contribution < 1.29 is 0 Å². The lowest BCUT2D eigenvalue weighted by molar-refractivity contribution is 0.429. The summed E-state index contributed by atoms with van der Waals surface area (Å²) < 4.78 is 0. The Morgan fingerprint density at radius 3 is 2.24 bits per heavy atom. The predicted octanol–water partition coefficient (Wildman–Crippen LogP) is 4.99. The van der Waals surface area contributed by atoms with E-state index < -0.39 is 0 Å². The molecule has 0 bridgehead atoms. The Bertz CT molecular complexity index is 236. The fraction of sp³-hybridized carbons (Fsp3) is 0.786. The number of hydrogen-bond acceptors (Lipinski definition) is 3. The van der Waals surface area contributed by atoms with E-state index in [1.165, 1.54) is 44.7 Å². The maximum atomic E-state index is 6.68. The summed E-state index contributed by atoms with van der Waals surface area (Å²) in [6, 6.07) is 0. The largest absolute Gasteiger partial charge is 0.290 e. The van der Waals surface area contributed by atoms with Gasteiger partial charge in [-0.1, -0.05) is 39.5 Å². The summed E-state index contributed by atoms with van der Waals surface area (Å²) in [6.07, 6.45) is 11.0. The second-order valence-electron chi connectivity index (χ2n) is 4.58. The smallest absolute Gasteiger partial charge is 0.0506 e. The molecule has 0 aliphatic rings. The number of aliphatic imine (C=N–C) groups is 1. The van der Waals surface area contributed by atoms with Crippen molar-refractivity contribution in [2.45, 2.75) is 59.3 Å². The van der Waals surface area contributed by atoms with Gasteiger partial charge in [0.25, 0.3) is 0 Å². The molecule has 0 heterocycles. The van der Waals surface area contributed by atoms with E-state index in [-0.39, 0.29) is 0 Å². The molecule has 3 heteroatoms. The third-order valence-corrected chi connectivity index (χ3v) is 2.92. The molecule has 0 aromatic carbocycles. The van der Waals surface area contributed by atoms with E-state index >= 15 is 0 Å². The molecule has 0 aromatic rings. The van der Waals surface area contributed by atoms with Gasteiger partial charge in [-0.15, -0.1) is 0 Å². The van der Waals surface area contributed by atoms with Gasteiger partial charge in [0.2, 0.25) is 0 Å². The first-order valence-corrected chi connectivity index (χ1v) is 6.78. The summed E-state index contributed by atoms with van der Waals surface area (Å²) in [7, 11) is 0. The topological polar surface area (TPSA) is 48.6 Å². The van der Waals surface area contributed by atoms with Crippen LogP contribution in [0.3, 0.4) is 0 Å². The maximum Gasteiger partial charge on any atom is 0.0506 e. The van der Waals surface area contributed by atoms with Gasteiger partial charge in [0.1, 0.15) is 0 Å². The molecule has 0 saturated heterocycles. The quantitative estimate of drug-likeness (QED) is 0.411. The highest BCUT2D eigenvalue weighted by molar-refractivity contribution is 5.92. The van der Waals surface area contributed by atoms with Crippen LogP contribution in [0.5, 0.6) is 0 Å². The molecule has 0 rings (SSSR count). The Balaban J connectivity index is 4.11. The Labute approximate surface area is 106 Å². The molecule has 0 spiro atoms. The number of allylic oxidation sites excluding steroid dienone is 1. The summed E-state index contributed by atoms with van der Waals surface area (Å²) in [5, 5.41) is 3.19. The molecule has 98 valence electrons. The number of rotatable bonds is 10. The molecule has 0 radical (unpaired) electrons. The van der Waals surface area contributed by atoms with Crippen molar-refractivity contribution in [3.63, 3.8) is 0 Å². The number of unbranched alkanes of at least 4 members (excludes halogenated alkanes) is 2. The van der Waals surface area contributed by atoms with Gasteiger partial charge in [-0.2, -0.15) is 5.11 Å². The maximum absolute atomic E-state index is 6.68. The standard InChI is InChI=1S/C14H27N3/c1-4-6-8-14(9-7-5-2)12-16-13(3)10-11-17-15/h10-11,14-15H,4-9,12H2,1-3H3/b11-10-,16-13?,17-15?. The van der Waals surface area contributed by atoms with Gasteiger partial charge in [-0.25, -0.2) is 5.53 Å². The summed E-state index contributed by atoms with van der Waals surface area (Å²) in [4.78, 5) is 4.55. The summed E-state index contributed by atoms with van der Waals surface area (Å²) in [5.41, 5.74) is 7.65. The first-order valence-electron chi connectivity index (χ1n) is 6.78. The zero-order valence-electron chi connectivity index (χ0n) is 11.6. The molecule has 3 nitrogen and oxygen atoms in total. The molecule has 0 unspecified atom stereocenters. The summed E-state index contributed by atoms with van der Waals surface area (Å²) in [6.45, 7) is 7.38. The lowest BCUT2D eigenvalue weighted by atomic mass is 9.96. The van der Waals surface area contributed by atoms with Crippen LogP contribution in [-0.2, 0) is 0 Å². The van der Waals surface area contributed by atoms with Crippen LogP contribution >= 0.6 is 0 Å². The summed E-state index contributed by atoms with van der Waals surface area (Å²) in [5.74, 6) is 0.728. The number of nitrogens with one attached hydrogen (secondary N) is 1. The minimum absolute atomic E-state index is 0.728. The van der Waals surface area contributed by atoms with Gasteiger partial charge < -0.3 is 0 Å². The molecule has 0 aliphatic heterocycles. The van der Waals surface area contributed by atoms with Crippen LogP contribution in [0.2, 0.25) is 0 Å². The fourth-order valence-electron chi connectivity index (χ4n) is 1.78. The fourth-order valence-corrected chi connectivity index (χ4v) is 1.78. The van der Waals surface area contributed by atoms with E-state index in [1.54, 1.807) is 6.08 Å². The van der Waals surface area contributed by atoms with Gasteiger partial charge in [0.05, 0.1) is 6.20 Å². The molecule has 0 amide bonds. The van der Waals surface area contributed by atoms with E-state index in [9.17, 15) is 0 Å². The highest BCUT2D eigenvalue weighted by Gasteiger charge is 2.06. The zero-order valence-corrected chi connectivity index (χ0v) is 11.6. The third-order valence-electron chi connectivity index (χ3n) is 2.92. The molecule has 1 N–H and O–H groups in total. The lowest BCUT2D eigenvalue weighted by Crippen LogP contribution is -2.06. The minimum Gasteiger partial charge on any atom is -0.290 e. The van der Waals surface area contributed by atoms with Gasteiger partial charge in [0, 0.05) is 12.3 Å². The van der Waals surface area contributed by atoms with Crippen LogP contribution in [-0.4, -0.2) is 12.3 Å². The Morgan fingerprint density at radius 1 is 1.18 bits per heavy atom. The normalized spacial score (nSPS) is 12.6. The second-order valence-corrected chi connectivity index (χ2v) is 4.58. The molecule has 0 atom stereocenters. The van der Waals surface area contributed by atoms with Crippen molar-refractivity contribution in [3.05, 3.63) is 12.3 Å². The average Bonchev–Trinajstić information content (AvgIpc) is 2.35. The average molecular weight is 237 g/mol. The highest BCUT2D eigenvalue weighted by Crippen LogP contribution is 2.16. The van der Waals surface area contributed by atoms with Crippen LogP contribution in [0, 0.1) is 11.4 Å². The van der Waals surface area contributed by atoms with Gasteiger partial charge >= 0.3 is 0 Å². The van der Waals surface area contributed by atoms with Crippen LogP contribution in [0.1, 0.15) is 59.3 Å². The molecule has 0 fully saturated rings. The predicted molar refractivity (Wildman–Crippen MR) is 74.8 cm³/mol. The highest BCUT2D eigenvalue weighted by atomic mass is 14.9.